The number of benzene rings is 1. The molecule has 0 atom stereocenters. The van der Waals surface area contributed by atoms with Gasteiger partial charge in [0.2, 0.25) is 0 Å². The molecule has 0 N–H and O–H groups in total. The Morgan fingerprint density at radius 1 is 1.15 bits per heavy atom. The van der Waals surface area contributed by atoms with E-state index in [1.165, 1.54) is 0 Å². The number of halogens is 3. The van der Waals surface area contributed by atoms with E-state index in [0.717, 1.165) is 25.0 Å². The monoisotopic (exact) mass is 285 g/mol. The molecule has 1 aromatic rings. The van der Waals surface area contributed by atoms with Crippen molar-refractivity contribution in [3.05, 3.63) is 35.1 Å². The average molecular weight is 285 g/mol. The summed E-state index contributed by atoms with van der Waals surface area (Å²) in [5.74, 6) is -3.50. The molecular weight excluding hydrogens is 267 g/mol. The molecule has 1 aromatic carbocycles. The zero-order valence-corrected chi connectivity index (χ0v) is 11.6. The number of hydrogen-bond donors (Lipinski definition) is 0. The van der Waals surface area contributed by atoms with Crippen LogP contribution in [0.15, 0.2) is 12.1 Å². The summed E-state index contributed by atoms with van der Waals surface area (Å²) >= 11 is 0. The molecule has 0 bridgehead atoms. The van der Waals surface area contributed by atoms with Gasteiger partial charge in [-0.15, -0.1) is 0 Å². The quantitative estimate of drug-likeness (QED) is 0.760. The van der Waals surface area contributed by atoms with E-state index in [1.54, 1.807) is 4.90 Å². The molecule has 0 radical (unpaired) electrons. The molecule has 110 valence electrons. The molecule has 1 aliphatic rings. The molecule has 0 spiro atoms. The van der Waals surface area contributed by atoms with Crippen molar-refractivity contribution in [3.63, 3.8) is 0 Å². The van der Waals surface area contributed by atoms with Gasteiger partial charge in [0.05, 0.1) is 0 Å². The predicted molar refractivity (Wildman–Crippen MR) is 69.8 cm³/mol. The number of rotatable bonds is 2. The lowest BCUT2D eigenvalue weighted by molar-refractivity contribution is 0.0666. The molecule has 0 aliphatic carbocycles. The van der Waals surface area contributed by atoms with Gasteiger partial charge in [-0.2, -0.15) is 0 Å². The Morgan fingerprint density at radius 3 is 2.10 bits per heavy atom. The molecule has 0 aromatic heterocycles. The molecule has 1 aliphatic heterocycles. The molecular formula is C15H18F3NO. The van der Waals surface area contributed by atoms with Gasteiger partial charge < -0.3 is 4.90 Å². The highest BCUT2D eigenvalue weighted by atomic mass is 19.2. The van der Waals surface area contributed by atoms with Crippen LogP contribution in [0.25, 0.3) is 0 Å². The number of hydrogen-bond acceptors (Lipinski definition) is 1. The molecule has 1 amide bonds. The van der Waals surface area contributed by atoms with Crippen LogP contribution in [0.1, 0.15) is 37.0 Å². The van der Waals surface area contributed by atoms with Gasteiger partial charge in [0.1, 0.15) is 0 Å². The van der Waals surface area contributed by atoms with Crippen molar-refractivity contribution >= 4 is 5.91 Å². The summed E-state index contributed by atoms with van der Waals surface area (Å²) in [7, 11) is 0. The zero-order chi connectivity index (χ0) is 14.9. The topological polar surface area (TPSA) is 20.3 Å². The van der Waals surface area contributed by atoms with Crippen molar-refractivity contribution in [2.45, 2.75) is 26.7 Å². The van der Waals surface area contributed by atoms with Gasteiger partial charge in [0.25, 0.3) is 5.91 Å². The van der Waals surface area contributed by atoms with Crippen LogP contribution in [-0.4, -0.2) is 23.9 Å². The Bertz CT molecular complexity index is 485. The standard InChI is InChI=1S/C15H18F3NO/c1-9(2)10-3-5-19(6-4-10)15(20)11-7-12(16)14(18)13(17)8-11/h7-10H,3-6H2,1-2H3. The fourth-order valence-corrected chi connectivity index (χ4v) is 2.63. The van der Waals surface area contributed by atoms with Crippen LogP contribution in [-0.2, 0) is 0 Å². The van der Waals surface area contributed by atoms with E-state index < -0.39 is 23.4 Å². The minimum Gasteiger partial charge on any atom is -0.339 e. The lowest BCUT2D eigenvalue weighted by Gasteiger charge is -2.34. The molecule has 1 fully saturated rings. The highest BCUT2D eigenvalue weighted by Crippen LogP contribution is 2.25. The van der Waals surface area contributed by atoms with E-state index in [2.05, 4.69) is 13.8 Å². The summed E-state index contributed by atoms with van der Waals surface area (Å²) in [5, 5.41) is 0. The van der Waals surface area contributed by atoms with Crippen molar-refractivity contribution in [1.82, 2.24) is 4.90 Å². The van der Waals surface area contributed by atoms with E-state index in [4.69, 9.17) is 0 Å². The molecule has 0 unspecified atom stereocenters. The molecule has 2 nitrogen and oxygen atoms in total. The maximum atomic E-state index is 13.1. The largest absolute Gasteiger partial charge is 0.339 e. The van der Waals surface area contributed by atoms with Crippen molar-refractivity contribution in [2.75, 3.05) is 13.1 Å². The van der Waals surface area contributed by atoms with Crippen molar-refractivity contribution in [2.24, 2.45) is 11.8 Å². The molecule has 0 saturated carbocycles. The second-order valence-electron chi connectivity index (χ2n) is 5.63. The maximum absolute atomic E-state index is 13.1. The molecule has 20 heavy (non-hydrogen) atoms. The van der Waals surface area contributed by atoms with Gasteiger partial charge in [-0.1, -0.05) is 13.8 Å². The fourth-order valence-electron chi connectivity index (χ4n) is 2.63. The van der Waals surface area contributed by atoms with Crippen molar-refractivity contribution in [3.8, 4) is 0 Å². The third-order valence-electron chi connectivity index (χ3n) is 4.00. The van der Waals surface area contributed by atoms with E-state index in [0.29, 0.717) is 24.9 Å². The van der Waals surface area contributed by atoms with E-state index in [-0.39, 0.29) is 5.56 Å². The third kappa shape index (κ3) is 2.97. The van der Waals surface area contributed by atoms with Crippen molar-refractivity contribution in [1.29, 1.82) is 0 Å². The predicted octanol–water partition coefficient (Wildman–Crippen LogP) is 3.61. The van der Waals surface area contributed by atoms with E-state index >= 15 is 0 Å². The zero-order valence-electron chi connectivity index (χ0n) is 11.6. The Kier molecular flexibility index (Phi) is 4.35. The smallest absolute Gasteiger partial charge is 0.254 e. The van der Waals surface area contributed by atoms with E-state index in [1.807, 2.05) is 0 Å². The second-order valence-corrected chi connectivity index (χ2v) is 5.63. The number of carbonyl (C=O) groups excluding carboxylic acids is 1. The van der Waals surface area contributed by atoms with Crippen LogP contribution in [0.3, 0.4) is 0 Å². The normalized spacial score (nSPS) is 16.8. The van der Waals surface area contributed by atoms with Crippen LogP contribution >= 0.6 is 0 Å². The number of amides is 1. The summed E-state index contributed by atoms with van der Waals surface area (Å²) < 4.78 is 39.2. The van der Waals surface area contributed by atoms with Gasteiger partial charge in [-0.25, -0.2) is 13.2 Å². The number of piperidine rings is 1. The number of nitrogens with zero attached hydrogens (tertiary/aromatic N) is 1. The first-order valence-electron chi connectivity index (χ1n) is 6.84. The van der Waals surface area contributed by atoms with Gasteiger partial charge in [0.15, 0.2) is 17.5 Å². The third-order valence-corrected chi connectivity index (χ3v) is 4.00. The Morgan fingerprint density at radius 2 is 1.65 bits per heavy atom. The van der Waals surface area contributed by atoms with Gasteiger partial charge in [-0.3, -0.25) is 4.79 Å². The Hall–Kier alpha value is -1.52. The number of carbonyl (C=O) groups is 1. The van der Waals surface area contributed by atoms with Crippen LogP contribution in [0.2, 0.25) is 0 Å². The van der Waals surface area contributed by atoms with Gasteiger partial charge >= 0.3 is 0 Å². The van der Waals surface area contributed by atoms with Gasteiger partial charge in [-0.05, 0) is 36.8 Å². The van der Waals surface area contributed by atoms with Crippen LogP contribution in [0, 0.1) is 29.3 Å². The minimum atomic E-state index is -1.54. The number of likely N-dealkylation sites (tertiary alicyclic amines) is 1. The molecule has 1 saturated heterocycles. The Balaban J connectivity index is 2.09. The van der Waals surface area contributed by atoms with Crippen LogP contribution < -0.4 is 0 Å². The molecule has 1 heterocycles. The fraction of sp³-hybridized carbons (Fsp3) is 0.533. The summed E-state index contributed by atoms with van der Waals surface area (Å²) in [6.45, 7) is 5.43. The highest BCUT2D eigenvalue weighted by molar-refractivity contribution is 5.94. The lowest BCUT2D eigenvalue weighted by atomic mass is 9.86. The SMILES string of the molecule is CC(C)C1CCN(C(=O)c2cc(F)c(F)c(F)c2)CC1. The van der Waals surface area contributed by atoms with Crippen LogP contribution in [0.5, 0.6) is 0 Å². The summed E-state index contributed by atoms with van der Waals surface area (Å²) in [6, 6.07) is 1.52. The van der Waals surface area contributed by atoms with Crippen molar-refractivity contribution < 1.29 is 18.0 Å². The maximum Gasteiger partial charge on any atom is 0.254 e. The Labute approximate surface area is 116 Å². The summed E-state index contributed by atoms with van der Waals surface area (Å²) in [5.41, 5.74) is -0.135. The molecule has 2 rings (SSSR count). The first kappa shape index (κ1) is 14.9. The average Bonchev–Trinajstić information content (AvgIpc) is 2.43. The summed E-state index contributed by atoms with van der Waals surface area (Å²) in [6.07, 6.45) is 1.77. The molecule has 5 heteroatoms. The first-order valence-corrected chi connectivity index (χ1v) is 6.84. The lowest BCUT2D eigenvalue weighted by Crippen LogP contribution is -2.39. The van der Waals surface area contributed by atoms with Gasteiger partial charge in [0, 0.05) is 18.7 Å². The first-order chi connectivity index (χ1) is 9.40. The van der Waals surface area contributed by atoms with E-state index in [9.17, 15) is 18.0 Å². The minimum absolute atomic E-state index is 0.135. The van der Waals surface area contributed by atoms with Crippen LogP contribution in [0.4, 0.5) is 13.2 Å². The highest BCUT2D eigenvalue weighted by Gasteiger charge is 2.26. The second kappa shape index (κ2) is 5.85. The summed E-state index contributed by atoms with van der Waals surface area (Å²) in [4.78, 5) is 13.7.